The summed E-state index contributed by atoms with van der Waals surface area (Å²) in [7, 11) is 0. The molecule has 21 heavy (non-hydrogen) atoms. The monoisotopic (exact) mass is 308 g/mol. The molecule has 108 valence electrons. The van der Waals surface area contributed by atoms with Gasteiger partial charge >= 0.3 is 6.18 Å². The van der Waals surface area contributed by atoms with Gasteiger partial charge in [-0.15, -0.1) is 11.3 Å². The van der Waals surface area contributed by atoms with Gasteiger partial charge in [-0.2, -0.15) is 18.3 Å². The Morgan fingerprint density at radius 2 is 1.81 bits per heavy atom. The second-order valence-corrected chi connectivity index (χ2v) is 5.48. The lowest BCUT2D eigenvalue weighted by atomic mass is 10.00. The quantitative estimate of drug-likeness (QED) is 0.779. The van der Waals surface area contributed by atoms with Gasteiger partial charge in [0, 0.05) is 11.1 Å². The van der Waals surface area contributed by atoms with Crippen molar-refractivity contribution in [1.29, 1.82) is 0 Å². The highest BCUT2D eigenvalue weighted by molar-refractivity contribution is 7.10. The molecule has 1 aromatic heterocycles. The Hall–Kier alpha value is -2.08. The maximum Gasteiger partial charge on any atom is 0.432 e. The molecular formula is C15H11F3N2S. The molecule has 0 saturated heterocycles. The first-order valence-electron chi connectivity index (χ1n) is 6.27. The predicted octanol–water partition coefficient (Wildman–Crippen LogP) is 4.78. The van der Waals surface area contributed by atoms with Crippen LogP contribution in [0.3, 0.4) is 0 Å². The molecule has 0 saturated carbocycles. The summed E-state index contributed by atoms with van der Waals surface area (Å²) in [5.41, 5.74) is -0.198. The molecule has 1 atom stereocenters. The average molecular weight is 308 g/mol. The molecule has 0 radical (unpaired) electrons. The van der Waals surface area contributed by atoms with Crippen LogP contribution in [0.1, 0.15) is 10.8 Å². The molecule has 0 bridgehead atoms. The number of allylic oxidation sites excluding steroid dienone is 1. The van der Waals surface area contributed by atoms with Gasteiger partial charge in [0.1, 0.15) is 0 Å². The Morgan fingerprint density at radius 3 is 2.43 bits per heavy atom. The Kier molecular flexibility index (Phi) is 3.55. The fourth-order valence-electron chi connectivity index (χ4n) is 2.13. The Labute approximate surface area is 123 Å². The third-order valence-corrected chi connectivity index (χ3v) is 4.05. The van der Waals surface area contributed by atoms with E-state index in [1.165, 1.54) is 22.4 Å². The minimum atomic E-state index is -4.47. The minimum Gasteiger partial charge on any atom is -0.241 e. The molecule has 3 rings (SSSR count). The fraction of sp³-hybridized carbons (Fsp3) is 0.133. The van der Waals surface area contributed by atoms with Crippen LogP contribution >= 0.6 is 11.3 Å². The van der Waals surface area contributed by atoms with Crippen molar-refractivity contribution in [3.63, 3.8) is 0 Å². The third kappa shape index (κ3) is 2.85. The number of hydrogen-bond donors (Lipinski definition) is 0. The molecule has 0 fully saturated rings. The number of para-hydroxylation sites is 1. The van der Waals surface area contributed by atoms with Crippen molar-refractivity contribution in [3.8, 4) is 0 Å². The van der Waals surface area contributed by atoms with Crippen LogP contribution in [0.4, 0.5) is 18.9 Å². The Morgan fingerprint density at radius 1 is 1.05 bits per heavy atom. The lowest BCUT2D eigenvalue weighted by molar-refractivity contribution is -0.0610. The van der Waals surface area contributed by atoms with Gasteiger partial charge in [0.2, 0.25) is 0 Å². The van der Waals surface area contributed by atoms with Crippen molar-refractivity contribution >= 4 is 22.7 Å². The molecule has 2 nitrogen and oxygen atoms in total. The highest BCUT2D eigenvalue weighted by Crippen LogP contribution is 2.35. The molecule has 2 heterocycles. The Bertz CT molecular complexity index is 660. The molecule has 6 heteroatoms. The second kappa shape index (κ2) is 5.37. The van der Waals surface area contributed by atoms with E-state index in [2.05, 4.69) is 5.10 Å². The van der Waals surface area contributed by atoms with E-state index in [1.54, 1.807) is 54.0 Å². The van der Waals surface area contributed by atoms with E-state index < -0.39 is 17.8 Å². The predicted molar refractivity (Wildman–Crippen MR) is 78.6 cm³/mol. The zero-order valence-electron chi connectivity index (χ0n) is 10.8. The first kappa shape index (κ1) is 13.9. The lowest BCUT2D eigenvalue weighted by Gasteiger charge is -2.26. The summed E-state index contributed by atoms with van der Waals surface area (Å²) in [5.74, 6) is -0.843. The summed E-state index contributed by atoms with van der Waals surface area (Å²) in [6.45, 7) is 0. The zero-order valence-corrected chi connectivity index (χ0v) is 11.6. The average Bonchev–Trinajstić information content (AvgIpc) is 3.01. The zero-order chi connectivity index (χ0) is 14.9. The molecular weight excluding hydrogens is 297 g/mol. The van der Waals surface area contributed by atoms with E-state index >= 15 is 0 Å². The van der Waals surface area contributed by atoms with Gasteiger partial charge in [0.25, 0.3) is 0 Å². The number of thiophene rings is 1. The van der Waals surface area contributed by atoms with E-state index in [1.807, 2.05) is 0 Å². The van der Waals surface area contributed by atoms with Crippen molar-refractivity contribution in [2.24, 2.45) is 5.10 Å². The number of nitrogens with zero attached hydrogens (tertiary/aromatic N) is 2. The van der Waals surface area contributed by atoms with Crippen LogP contribution < -0.4 is 5.01 Å². The maximum absolute atomic E-state index is 13.3. The van der Waals surface area contributed by atoms with Crippen molar-refractivity contribution in [1.82, 2.24) is 0 Å². The summed E-state index contributed by atoms with van der Waals surface area (Å²) in [5, 5.41) is 6.83. The summed E-state index contributed by atoms with van der Waals surface area (Å²) >= 11 is 1.30. The second-order valence-electron chi connectivity index (χ2n) is 4.50. The number of hydrazone groups is 1. The van der Waals surface area contributed by atoms with Crippen LogP contribution in [0, 0.1) is 0 Å². The van der Waals surface area contributed by atoms with E-state index in [-0.39, 0.29) is 0 Å². The van der Waals surface area contributed by atoms with Crippen molar-refractivity contribution in [2.45, 2.75) is 12.1 Å². The van der Waals surface area contributed by atoms with Gasteiger partial charge in [-0.05, 0) is 23.6 Å². The highest BCUT2D eigenvalue weighted by Gasteiger charge is 2.43. The van der Waals surface area contributed by atoms with Gasteiger partial charge in [-0.1, -0.05) is 30.3 Å². The molecule has 0 aliphatic carbocycles. The van der Waals surface area contributed by atoms with Gasteiger partial charge in [-0.3, -0.25) is 0 Å². The smallest absolute Gasteiger partial charge is 0.241 e. The standard InChI is InChI=1S/C15H11F3N2S/c16-15(17,18)14-12(13-7-4-10-21-13)8-9-20(19-14)11-5-2-1-3-6-11/h1-10,12H. The lowest BCUT2D eigenvalue weighted by Crippen LogP contribution is -2.33. The molecule has 2 aromatic rings. The molecule has 0 amide bonds. The van der Waals surface area contributed by atoms with E-state index in [9.17, 15) is 13.2 Å². The molecule has 1 aliphatic rings. The van der Waals surface area contributed by atoms with Crippen LogP contribution in [-0.2, 0) is 0 Å². The summed E-state index contributed by atoms with van der Waals surface area (Å²) in [6, 6.07) is 12.2. The first-order chi connectivity index (χ1) is 10.1. The maximum atomic E-state index is 13.3. The van der Waals surface area contributed by atoms with Gasteiger partial charge in [0.15, 0.2) is 5.71 Å². The molecule has 0 spiro atoms. The van der Waals surface area contributed by atoms with E-state index in [0.717, 1.165) is 0 Å². The number of benzene rings is 1. The molecule has 1 aromatic carbocycles. The van der Waals surface area contributed by atoms with Gasteiger partial charge in [0.05, 0.1) is 11.6 Å². The normalized spacial score (nSPS) is 18.7. The van der Waals surface area contributed by atoms with Crippen LogP contribution in [0.2, 0.25) is 0 Å². The summed E-state index contributed by atoms with van der Waals surface area (Å²) < 4.78 is 39.9. The number of halogens is 3. The van der Waals surface area contributed by atoms with E-state index in [0.29, 0.717) is 10.6 Å². The van der Waals surface area contributed by atoms with Crippen LogP contribution in [0.25, 0.3) is 0 Å². The number of anilines is 1. The first-order valence-corrected chi connectivity index (χ1v) is 7.15. The van der Waals surface area contributed by atoms with Crippen molar-refractivity contribution in [2.75, 3.05) is 5.01 Å². The van der Waals surface area contributed by atoms with Crippen LogP contribution in [0.5, 0.6) is 0 Å². The molecule has 0 N–H and O–H groups in total. The van der Waals surface area contributed by atoms with Gasteiger partial charge in [-0.25, -0.2) is 5.01 Å². The SMILES string of the molecule is FC(F)(F)C1=NN(c2ccccc2)C=CC1c1cccs1. The largest absolute Gasteiger partial charge is 0.432 e. The topological polar surface area (TPSA) is 15.6 Å². The van der Waals surface area contributed by atoms with Gasteiger partial charge < -0.3 is 0 Å². The third-order valence-electron chi connectivity index (χ3n) is 3.09. The van der Waals surface area contributed by atoms with Crippen molar-refractivity contribution < 1.29 is 13.2 Å². The van der Waals surface area contributed by atoms with Crippen LogP contribution in [0.15, 0.2) is 65.2 Å². The number of hydrogen-bond acceptors (Lipinski definition) is 3. The fourth-order valence-corrected chi connectivity index (χ4v) is 2.93. The molecule has 1 aliphatic heterocycles. The number of alkyl halides is 3. The van der Waals surface area contributed by atoms with Crippen molar-refractivity contribution in [3.05, 3.63) is 65.0 Å². The number of rotatable bonds is 2. The summed E-state index contributed by atoms with van der Waals surface area (Å²) in [4.78, 5) is 0.634. The molecule has 1 unspecified atom stereocenters. The van der Waals surface area contributed by atoms with Crippen LogP contribution in [-0.4, -0.2) is 11.9 Å². The highest BCUT2D eigenvalue weighted by atomic mass is 32.1. The van der Waals surface area contributed by atoms with E-state index in [4.69, 9.17) is 0 Å². The Balaban J connectivity index is 2.00. The minimum absolute atomic E-state index is 0.597. The summed E-state index contributed by atoms with van der Waals surface area (Å²) in [6.07, 6.45) is -1.35.